The molecule has 0 aliphatic rings. The maximum atomic E-state index is 11.9. The number of carboxylic acid groups (broad SMARTS) is 1. The summed E-state index contributed by atoms with van der Waals surface area (Å²) in [5.74, 6) is -1.23. The topological polar surface area (TPSA) is 79.3 Å². The monoisotopic (exact) mass is 324 g/mol. The zero-order valence-corrected chi connectivity index (χ0v) is 12.8. The molecule has 1 heterocycles. The van der Waals surface area contributed by atoms with Crippen molar-refractivity contribution in [2.24, 2.45) is 0 Å². The second-order valence-electron chi connectivity index (χ2n) is 4.40. The Morgan fingerprint density at radius 2 is 2.19 bits per heavy atom. The van der Waals surface area contributed by atoms with Crippen LogP contribution in [0.2, 0.25) is 5.02 Å². The molecule has 1 aromatic heterocycles. The van der Waals surface area contributed by atoms with Crippen LogP contribution in [0.5, 0.6) is 0 Å². The van der Waals surface area contributed by atoms with Crippen LogP contribution in [0.25, 0.3) is 0 Å². The Bertz CT molecular complexity index is 685. The summed E-state index contributed by atoms with van der Waals surface area (Å²) in [6.45, 7) is 2.23. The van der Waals surface area contributed by atoms with Crippen LogP contribution in [0.4, 0.5) is 0 Å². The molecule has 110 valence electrons. The van der Waals surface area contributed by atoms with Gasteiger partial charge in [0.25, 0.3) is 5.91 Å². The van der Waals surface area contributed by atoms with Gasteiger partial charge in [-0.3, -0.25) is 4.79 Å². The van der Waals surface area contributed by atoms with E-state index < -0.39 is 5.97 Å². The number of benzene rings is 1. The van der Waals surface area contributed by atoms with E-state index >= 15 is 0 Å². The number of carbonyl (C=O) groups is 2. The Balaban J connectivity index is 1.88. The number of thiazole rings is 1. The highest BCUT2D eigenvalue weighted by molar-refractivity contribution is 7.09. The van der Waals surface area contributed by atoms with E-state index in [2.05, 4.69) is 10.3 Å². The summed E-state index contributed by atoms with van der Waals surface area (Å²) in [5.41, 5.74) is 1.42. The van der Waals surface area contributed by atoms with Crippen LogP contribution in [0, 0.1) is 6.92 Å². The van der Waals surface area contributed by atoms with E-state index in [0.29, 0.717) is 28.6 Å². The van der Waals surface area contributed by atoms with Crippen LogP contribution in [0.15, 0.2) is 23.6 Å². The lowest BCUT2D eigenvalue weighted by Gasteiger charge is -2.05. The zero-order valence-electron chi connectivity index (χ0n) is 11.2. The molecule has 0 saturated heterocycles. The summed E-state index contributed by atoms with van der Waals surface area (Å²) >= 11 is 7.18. The highest BCUT2D eigenvalue weighted by atomic mass is 35.5. The Labute approximate surface area is 130 Å². The fourth-order valence-corrected chi connectivity index (χ4v) is 2.58. The highest BCUT2D eigenvalue weighted by Gasteiger charge is 2.10. The summed E-state index contributed by atoms with van der Waals surface area (Å²) < 4.78 is 0. The molecule has 2 rings (SSSR count). The molecule has 1 aromatic carbocycles. The molecule has 0 radical (unpaired) electrons. The van der Waals surface area contributed by atoms with Gasteiger partial charge in [0.1, 0.15) is 0 Å². The lowest BCUT2D eigenvalue weighted by molar-refractivity contribution is 0.0690. The van der Waals surface area contributed by atoms with Crippen molar-refractivity contribution in [3.63, 3.8) is 0 Å². The molecule has 0 aliphatic carbocycles. The average molecular weight is 325 g/mol. The Morgan fingerprint density at radius 3 is 2.81 bits per heavy atom. The molecule has 7 heteroatoms. The fourth-order valence-electron chi connectivity index (χ4n) is 1.69. The maximum absolute atomic E-state index is 11.9. The summed E-state index contributed by atoms with van der Waals surface area (Å²) in [4.78, 5) is 26.6. The first-order valence-corrected chi connectivity index (χ1v) is 7.45. The van der Waals surface area contributed by atoms with Gasteiger partial charge >= 0.3 is 5.97 Å². The van der Waals surface area contributed by atoms with Crippen molar-refractivity contribution in [2.75, 3.05) is 6.54 Å². The van der Waals surface area contributed by atoms with Crippen LogP contribution < -0.4 is 5.32 Å². The molecule has 0 bridgehead atoms. The molecular weight excluding hydrogens is 312 g/mol. The quantitative estimate of drug-likeness (QED) is 0.886. The Kier molecular flexibility index (Phi) is 4.93. The summed E-state index contributed by atoms with van der Waals surface area (Å²) in [7, 11) is 0. The average Bonchev–Trinajstić information content (AvgIpc) is 2.91. The van der Waals surface area contributed by atoms with Gasteiger partial charge in [-0.15, -0.1) is 11.3 Å². The van der Waals surface area contributed by atoms with E-state index in [1.165, 1.54) is 16.7 Å². The number of aromatic nitrogens is 1. The van der Waals surface area contributed by atoms with Crippen molar-refractivity contribution < 1.29 is 14.7 Å². The molecule has 0 saturated carbocycles. The third-order valence-corrected chi connectivity index (χ3v) is 4.15. The molecule has 0 aliphatic heterocycles. The molecule has 2 aromatic rings. The molecule has 1 amide bonds. The standard InChI is InChI=1S/C14H13ClN2O3S/c1-8-6-9(2-3-10(8)15)13(18)16-5-4-12-17-11(7-21-12)14(19)20/h2-3,6-7H,4-5H2,1H3,(H,16,18)(H,19,20). The van der Waals surface area contributed by atoms with Gasteiger partial charge in [0.2, 0.25) is 0 Å². The number of carbonyl (C=O) groups excluding carboxylic acids is 1. The van der Waals surface area contributed by atoms with E-state index in [-0.39, 0.29) is 11.6 Å². The van der Waals surface area contributed by atoms with Gasteiger partial charge < -0.3 is 10.4 Å². The van der Waals surface area contributed by atoms with Crippen molar-refractivity contribution in [1.29, 1.82) is 0 Å². The fraction of sp³-hybridized carbons (Fsp3) is 0.214. The summed E-state index contributed by atoms with van der Waals surface area (Å²) in [6, 6.07) is 5.08. The molecule has 0 unspecified atom stereocenters. The van der Waals surface area contributed by atoms with Crippen LogP contribution >= 0.6 is 22.9 Å². The van der Waals surface area contributed by atoms with Gasteiger partial charge in [-0.25, -0.2) is 9.78 Å². The molecule has 5 nitrogen and oxygen atoms in total. The van der Waals surface area contributed by atoms with Crippen molar-refractivity contribution >= 4 is 34.8 Å². The van der Waals surface area contributed by atoms with Crippen LogP contribution in [-0.2, 0) is 6.42 Å². The van der Waals surface area contributed by atoms with Gasteiger partial charge in [0, 0.05) is 28.9 Å². The van der Waals surface area contributed by atoms with Gasteiger partial charge in [0.15, 0.2) is 5.69 Å². The first kappa shape index (κ1) is 15.5. The zero-order chi connectivity index (χ0) is 15.4. The number of aromatic carboxylic acids is 1. The van der Waals surface area contributed by atoms with Crippen molar-refractivity contribution in [2.45, 2.75) is 13.3 Å². The number of hydrogen-bond acceptors (Lipinski definition) is 4. The van der Waals surface area contributed by atoms with E-state index in [4.69, 9.17) is 16.7 Å². The number of amides is 1. The molecule has 0 spiro atoms. The second-order valence-corrected chi connectivity index (χ2v) is 5.75. The molecular formula is C14H13ClN2O3S. The van der Waals surface area contributed by atoms with Gasteiger partial charge in [-0.1, -0.05) is 11.6 Å². The number of nitrogens with zero attached hydrogens (tertiary/aromatic N) is 1. The number of rotatable bonds is 5. The molecule has 2 N–H and O–H groups in total. The van der Waals surface area contributed by atoms with E-state index in [1.807, 2.05) is 6.92 Å². The van der Waals surface area contributed by atoms with Crippen LogP contribution in [-0.4, -0.2) is 28.5 Å². The molecule has 0 fully saturated rings. The third-order valence-electron chi connectivity index (χ3n) is 2.82. The van der Waals surface area contributed by atoms with Crippen molar-refractivity contribution in [3.05, 3.63) is 50.4 Å². The van der Waals surface area contributed by atoms with Crippen LogP contribution in [0.1, 0.15) is 31.4 Å². The van der Waals surface area contributed by atoms with Crippen molar-refractivity contribution in [3.8, 4) is 0 Å². The lowest BCUT2D eigenvalue weighted by atomic mass is 10.1. The van der Waals surface area contributed by atoms with E-state index in [9.17, 15) is 9.59 Å². The first-order valence-electron chi connectivity index (χ1n) is 6.19. The van der Waals surface area contributed by atoms with E-state index in [1.54, 1.807) is 18.2 Å². The number of hydrogen-bond donors (Lipinski definition) is 2. The number of aryl methyl sites for hydroxylation is 1. The normalized spacial score (nSPS) is 10.4. The summed E-state index contributed by atoms with van der Waals surface area (Å²) in [5, 5.41) is 14.3. The maximum Gasteiger partial charge on any atom is 0.355 e. The molecule has 21 heavy (non-hydrogen) atoms. The van der Waals surface area contributed by atoms with Crippen molar-refractivity contribution in [1.82, 2.24) is 10.3 Å². The number of carboxylic acids is 1. The predicted molar refractivity (Wildman–Crippen MR) is 81.3 cm³/mol. The minimum atomic E-state index is -1.04. The van der Waals surface area contributed by atoms with Crippen LogP contribution in [0.3, 0.4) is 0 Å². The highest BCUT2D eigenvalue weighted by Crippen LogP contribution is 2.16. The lowest BCUT2D eigenvalue weighted by Crippen LogP contribution is -2.25. The smallest absolute Gasteiger partial charge is 0.355 e. The minimum Gasteiger partial charge on any atom is -0.476 e. The number of nitrogens with one attached hydrogen (secondary N) is 1. The largest absolute Gasteiger partial charge is 0.476 e. The number of halogens is 1. The third kappa shape index (κ3) is 4.03. The first-order chi connectivity index (χ1) is 9.97. The summed E-state index contributed by atoms with van der Waals surface area (Å²) in [6.07, 6.45) is 0.496. The minimum absolute atomic E-state index is 0.0367. The van der Waals surface area contributed by atoms with E-state index in [0.717, 1.165) is 5.56 Å². The molecule has 0 atom stereocenters. The van der Waals surface area contributed by atoms with Gasteiger partial charge in [-0.2, -0.15) is 0 Å². The Morgan fingerprint density at radius 1 is 1.43 bits per heavy atom. The van der Waals surface area contributed by atoms with Gasteiger partial charge in [0.05, 0.1) is 5.01 Å². The second kappa shape index (κ2) is 6.69. The SMILES string of the molecule is Cc1cc(C(=O)NCCc2nc(C(=O)O)cs2)ccc1Cl. The Hall–Kier alpha value is -1.92. The van der Waals surface area contributed by atoms with Gasteiger partial charge in [-0.05, 0) is 30.7 Å². The predicted octanol–water partition coefficient (Wildman–Crippen LogP) is 2.78.